The lowest BCUT2D eigenvalue weighted by Crippen LogP contribution is -2.21. The van der Waals surface area contributed by atoms with Crippen molar-refractivity contribution in [3.05, 3.63) is 33.4 Å². The molecule has 0 saturated heterocycles. The molecule has 0 aromatic heterocycles. The zero-order valence-electron chi connectivity index (χ0n) is 6.98. The summed E-state index contributed by atoms with van der Waals surface area (Å²) in [6, 6.07) is 6.53. The van der Waals surface area contributed by atoms with E-state index in [-0.39, 0.29) is 0 Å². The Balaban J connectivity index is 3.18. The summed E-state index contributed by atoms with van der Waals surface area (Å²) >= 11 is 1.92. The van der Waals surface area contributed by atoms with Crippen molar-refractivity contribution < 1.29 is 19.8 Å². The molecule has 0 unspecified atom stereocenters. The minimum absolute atomic E-state index is 0.313. The van der Waals surface area contributed by atoms with E-state index in [0.717, 1.165) is 0 Å². The maximum absolute atomic E-state index is 10.7. The van der Waals surface area contributed by atoms with Gasteiger partial charge in [0.2, 0.25) is 0 Å². The molecule has 0 saturated carbocycles. The number of benzene rings is 1. The molecular formula is C9H7IO4. The summed E-state index contributed by atoms with van der Waals surface area (Å²) in [5.74, 6) is -4.17. The summed E-state index contributed by atoms with van der Waals surface area (Å²) < 4.78 is 0.639. The second-order valence-corrected chi connectivity index (χ2v) is 3.79. The number of carbonyl (C=O) groups is 2. The lowest BCUT2D eigenvalue weighted by Gasteiger charge is -2.09. The quantitative estimate of drug-likeness (QED) is 0.656. The molecule has 5 heteroatoms. The smallest absolute Gasteiger partial charge is 0.322 e. The van der Waals surface area contributed by atoms with Crippen LogP contribution in [0.4, 0.5) is 0 Å². The van der Waals surface area contributed by atoms with Gasteiger partial charge in [0.15, 0.2) is 5.92 Å². The monoisotopic (exact) mass is 306 g/mol. The zero-order valence-corrected chi connectivity index (χ0v) is 9.13. The fourth-order valence-electron chi connectivity index (χ4n) is 1.08. The van der Waals surface area contributed by atoms with Gasteiger partial charge in [-0.2, -0.15) is 0 Å². The average Bonchev–Trinajstić information content (AvgIpc) is 2.07. The van der Waals surface area contributed by atoms with Gasteiger partial charge >= 0.3 is 11.9 Å². The summed E-state index contributed by atoms with van der Waals surface area (Å²) in [4.78, 5) is 21.4. The standard InChI is InChI=1S/C9H7IO4/c10-6-4-2-1-3-5(6)7(8(11)12)9(13)14/h1-4,7H,(H,11,12)(H,13,14). The third-order valence-corrected chi connectivity index (χ3v) is 2.69. The number of carboxylic acids is 2. The van der Waals surface area contributed by atoms with E-state index >= 15 is 0 Å². The largest absolute Gasteiger partial charge is 0.480 e. The second kappa shape index (κ2) is 4.41. The minimum Gasteiger partial charge on any atom is -0.480 e. The van der Waals surface area contributed by atoms with Crippen molar-refractivity contribution in [1.82, 2.24) is 0 Å². The zero-order chi connectivity index (χ0) is 10.7. The van der Waals surface area contributed by atoms with Crippen molar-refractivity contribution in [3.63, 3.8) is 0 Å². The number of hydrogen-bond donors (Lipinski definition) is 2. The molecule has 0 aliphatic heterocycles. The van der Waals surface area contributed by atoms with Crippen molar-refractivity contribution in [2.24, 2.45) is 0 Å². The molecule has 0 bridgehead atoms. The summed E-state index contributed by atoms with van der Waals surface area (Å²) in [6.45, 7) is 0. The van der Waals surface area contributed by atoms with Crippen LogP contribution in [0.5, 0.6) is 0 Å². The molecule has 0 aliphatic carbocycles. The van der Waals surface area contributed by atoms with E-state index < -0.39 is 17.9 Å². The second-order valence-electron chi connectivity index (χ2n) is 2.63. The van der Waals surface area contributed by atoms with Gasteiger partial charge in [-0.05, 0) is 34.2 Å². The Labute approximate surface area is 93.7 Å². The molecule has 14 heavy (non-hydrogen) atoms. The molecule has 0 spiro atoms. The Hall–Kier alpha value is -1.11. The van der Waals surface area contributed by atoms with Crippen LogP contribution in [-0.4, -0.2) is 22.2 Å². The first-order valence-electron chi connectivity index (χ1n) is 3.74. The molecule has 0 heterocycles. The first kappa shape index (κ1) is 11.0. The fourth-order valence-corrected chi connectivity index (χ4v) is 1.78. The number of rotatable bonds is 3. The minimum atomic E-state index is -1.48. The Morgan fingerprint density at radius 2 is 1.64 bits per heavy atom. The van der Waals surface area contributed by atoms with E-state index in [1.54, 1.807) is 18.2 Å². The Kier molecular flexibility index (Phi) is 3.45. The highest BCUT2D eigenvalue weighted by atomic mass is 127. The highest BCUT2D eigenvalue weighted by molar-refractivity contribution is 14.1. The normalized spacial score (nSPS) is 10.1. The Bertz CT molecular complexity index is 361. The highest BCUT2D eigenvalue weighted by Gasteiger charge is 2.29. The van der Waals surface area contributed by atoms with E-state index in [1.165, 1.54) is 6.07 Å². The SMILES string of the molecule is O=C(O)C(C(=O)O)c1ccccc1I. The van der Waals surface area contributed by atoms with E-state index in [9.17, 15) is 9.59 Å². The van der Waals surface area contributed by atoms with Gasteiger partial charge in [0.05, 0.1) is 0 Å². The predicted molar refractivity (Wildman–Crippen MR) is 57.2 cm³/mol. The molecule has 0 atom stereocenters. The van der Waals surface area contributed by atoms with Crippen LogP contribution < -0.4 is 0 Å². The van der Waals surface area contributed by atoms with Crippen molar-refractivity contribution in [1.29, 1.82) is 0 Å². The summed E-state index contributed by atoms with van der Waals surface area (Å²) in [6.07, 6.45) is 0. The molecule has 0 aliphatic rings. The lowest BCUT2D eigenvalue weighted by atomic mass is 10.00. The average molecular weight is 306 g/mol. The van der Waals surface area contributed by atoms with Crippen molar-refractivity contribution in [2.45, 2.75) is 5.92 Å². The maximum Gasteiger partial charge on any atom is 0.322 e. The van der Waals surface area contributed by atoms with Gasteiger partial charge < -0.3 is 10.2 Å². The van der Waals surface area contributed by atoms with Crippen LogP contribution >= 0.6 is 22.6 Å². The molecule has 1 aromatic rings. The molecule has 74 valence electrons. The first-order chi connectivity index (χ1) is 6.54. The van der Waals surface area contributed by atoms with Gasteiger partial charge in [0.25, 0.3) is 0 Å². The van der Waals surface area contributed by atoms with Crippen LogP contribution in [0.15, 0.2) is 24.3 Å². The van der Waals surface area contributed by atoms with Crippen LogP contribution in [0.25, 0.3) is 0 Å². The fraction of sp³-hybridized carbons (Fsp3) is 0.111. The molecule has 0 amide bonds. The number of carboxylic acid groups (broad SMARTS) is 2. The summed E-state index contributed by atoms with van der Waals surface area (Å²) in [5, 5.41) is 17.5. The van der Waals surface area contributed by atoms with Crippen LogP contribution in [0, 0.1) is 3.57 Å². The van der Waals surface area contributed by atoms with E-state index in [2.05, 4.69) is 0 Å². The number of hydrogen-bond acceptors (Lipinski definition) is 2. The van der Waals surface area contributed by atoms with Crippen molar-refractivity contribution >= 4 is 34.5 Å². The van der Waals surface area contributed by atoms with Crippen LogP contribution in [0.2, 0.25) is 0 Å². The third-order valence-electron chi connectivity index (χ3n) is 1.71. The number of halogens is 1. The molecule has 1 rings (SSSR count). The van der Waals surface area contributed by atoms with Crippen LogP contribution in [0.3, 0.4) is 0 Å². The third kappa shape index (κ3) is 2.22. The molecule has 4 nitrogen and oxygen atoms in total. The first-order valence-corrected chi connectivity index (χ1v) is 4.82. The molecule has 1 aromatic carbocycles. The van der Waals surface area contributed by atoms with Gasteiger partial charge in [-0.3, -0.25) is 9.59 Å². The van der Waals surface area contributed by atoms with E-state index in [1.807, 2.05) is 22.6 Å². The van der Waals surface area contributed by atoms with Gasteiger partial charge in [-0.25, -0.2) is 0 Å². The summed E-state index contributed by atoms with van der Waals surface area (Å²) in [7, 11) is 0. The molecular weight excluding hydrogens is 299 g/mol. The van der Waals surface area contributed by atoms with Gasteiger partial charge in [-0.1, -0.05) is 18.2 Å². The number of aliphatic carboxylic acids is 2. The van der Waals surface area contributed by atoms with Gasteiger partial charge in [0.1, 0.15) is 0 Å². The predicted octanol–water partition coefficient (Wildman–Crippen LogP) is 1.54. The maximum atomic E-state index is 10.7. The lowest BCUT2D eigenvalue weighted by molar-refractivity contribution is -0.150. The van der Waals surface area contributed by atoms with E-state index in [4.69, 9.17) is 10.2 Å². The van der Waals surface area contributed by atoms with Gasteiger partial charge in [-0.15, -0.1) is 0 Å². The van der Waals surface area contributed by atoms with E-state index in [0.29, 0.717) is 9.13 Å². The topological polar surface area (TPSA) is 74.6 Å². The van der Waals surface area contributed by atoms with Gasteiger partial charge in [0, 0.05) is 3.57 Å². The molecule has 2 N–H and O–H groups in total. The molecule has 0 radical (unpaired) electrons. The van der Waals surface area contributed by atoms with Crippen LogP contribution in [-0.2, 0) is 9.59 Å². The van der Waals surface area contributed by atoms with Crippen molar-refractivity contribution in [2.75, 3.05) is 0 Å². The Morgan fingerprint density at radius 1 is 1.14 bits per heavy atom. The van der Waals surface area contributed by atoms with Crippen molar-refractivity contribution in [3.8, 4) is 0 Å². The van der Waals surface area contributed by atoms with Crippen LogP contribution in [0.1, 0.15) is 11.5 Å². The summed E-state index contributed by atoms with van der Waals surface area (Å²) in [5.41, 5.74) is 0.313. The highest BCUT2D eigenvalue weighted by Crippen LogP contribution is 2.22. The Morgan fingerprint density at radius 3 is 2.07 bits per heavy atom. The molecule has 0 fully saturated rings.